The first-order valence-electron chi connectivity index (χ1n) is 8.77. The standard InChI is InChI=1S/C19H32O3/c1-6-16(5)22-19(20)9-7-8-12-21-18-13-15(4)10-11-17(18)14(2)3/h14-18H,6-7,9-11,13H2,1-5H3. The molecular weight excluding hydrogens is 276 g/mol. The topological polar surface area (TPSA) is 35.5 Å². The van der Waals surface area contributed by atoms with E-state index in [1.54, 1.807) is 0 Å². The van der Waals surface area contributed by atoms with Crippen LogP contribution in [0.3, 0.4) is 0 Å². The molecule has 1 aliphatic rings. The zero-order valence-corrected chi connectivity index (χ0v) is 14.9. The van der Waals surface area contributed by atoms with E-state index < -0.39 is 0 Å². The predicted molar refractivity (Wildman–Crippen MR) is 89.1 cm³/mol. The van der Waals surface area contributed by atoms with Crippen molar-refractivity contribution in [2.45, 2.75) is 85.4 Å². The van der Waals surface area contributed by atoms with Gasteiger partial charge in [-0.05, 0) is 43.9 Å². The van der Waals surface area contributed by atoms with Gasteiger partial charge in [-0.25, -0.2) is 0 Å². The van der Waals surface area contributed by atoms with Crippen LogP contribution in [0.2, 0.25) is 0 Å². The summed E-state index contributed by atoms with van der Waals surface area (Å²) < 4.78 is 11.0. The predicted octanol–water partition coefficient (Wildman–Crippen LogP) is 4.55. The van der Waals surface area contributed by atoms with E-state index in [9.17, 15) is 4.79 Å². The third-order valence-corrected chi connectivity index (χ3v) is 4.61. The Kier molecular flexibility index (Phi) is 8.38. The molecule has 126 valence electrons. The normalized spacial score (nSPS) is 26.0. The van der Waals surface area contributed by atoms with Crippen LogP contribution in [0.1, 0.15) is 73.1 Å². The maximum Gasteiger partial charge on any atom is 0.307 e. The van der Waals surface area contributed by atoms with Crippen molar-refractivity contribution >= 4 is 5.97 Å². The summed E-state index contributed by atoms with van der Waals surface area (Å²) >= 11 is 0. The average Bonchev–Trinajstić information content (AvgIpc) is 2.46. The first-order chi connectivity index (χ1) is 10.4. The molecule has 0 heterocycles. The smallest absolute Gasteiger partial charge is 0.307 e. The highest BCUT2D eigenvalue weighted by Gasteiger charge is 2.31. The lowest BCUT2D eigenvalue weighted by Crippen LogP contribution is -2.33. The Bertz CT molecular complexity index is 391. The minimum atomic E-state index is -0.171. The maximum absolute atomic E-state index is 11.5. The van der Waals surface area contributed by atoms with Crippen LogP contribution >= 0.6 is 0 Å². The summed E-state index contributed by atoms with van der Waals surface area (Å²) in [6, 6.07) is 0. The Morgan fingerprint density at radius 2 is 2.00 bits per heavy atom. The van der Waals surface area contributed by atoms with Gasteiger partial charge in [-0.2, -0.15) is 0 Å². The molecule has 0 aromatic heterocycles. The molecule has 0 aromatic rings. The molecule has 1 aliphatic carbocycles. The van der Waals surface area contributed by atoms with E-state index in [-0.39, 0.29) is 18.2 Å². The van der Waals surface area contributed by atoms with E-state index in [1.807, 2.05) is 13.8 Å². The Labute approximate surface area is 136 Å². The van der Waals surface area contributed by atoms with Crippen LogP contribution in [0.15, 0.2) is 0 Å². The number of hydrogen-bond donors (Lipinski definition) is 0. The lowest BCUT2D eigenvalue weighted by Gasteiger charge is -2.35. The second-order valence-electron chi connectivity index (χ2n) is 6.97. The molecule has 0 N–H and O–H groups in total. The van der Waals surface area contributed by atoms with E-state index in [0.29, 0.717) is 30.6 Å². The number of hydrogen-bond acceptors (Lipinski definition) is 3. The van der Waals surface area contributed by atoms with Gasteiger partial charge >= 0.3 is 5.97 Å². The molecule has 0 aliphatic heterocycles. The fraction of sp³-hybridized carbons (Fsp3) is 0.842. The van der Waals surface area contributed by atoms with Gasteiger partial charge in [-0.3, -0.25) is 4.79 Å². The van der Waals surface area contributed by atoms with Crippen molar-refractivity contribution in [3.63, 3.8) is 0 Å². The van der Waals surface area contributed by atoms with Gasteiger partial charge in [0.15, 0.2) is 0 Å². The highest BCUT2D eigenvalue weighted by molar-refractivity contribution is 5.69. The fourth-order valence-electron chi connectivity index (χ4n) is 2.95. The zero-order chi connectivity index (χ0) is 16.5. The summed E-state index contributed by atoms with van der Waals surface area (Å²) in [4.78, 5) is 11.5. The number of carbonyl (C=O) groups is 1. The number of rotatable bonds is 6. The molecule has 3 nitrogen and oxygen atoms in total. The minimum absolute atomic E-state index is 0.00719. The second kappa shape index (κ2) is 9.77. The molecular formula is C19H32O3. The molecule has 0 saturated heterocycles. The third-order valence-electron chi connectivity index (χ3n) is 4.61. The molecule has 0 radical (unpaired) electrons. The highest BCUT2D eigenvalue weighted by atomic mass is 16.5. The van der Waals surface area contributed by atoms with E-state index in [1.165, 1.54) is 12.8 Å². The van der Waals surface area contributed by atoms with Crippen LogP contribution in [0.25, 0.3) is 0 Å². The van der Waals surface area contributed by atoms with Crippen LogP contribution in [0.4, 0.5) is 0 Å². The van der Waals surface area contributed by atoms with Crippen LogP contribution in [-0.4, -0.2) is 18.2 Å². The molecule has 3 heteroatoms. The Morgan fingerprint density at radius 1 is 1.27 bits per heavy atom. The van der Waals surface area contributed by atoms with Crippen molar-refractivity contribution < 1.29 is 14.3 Å². The molecule has 0 amide bonds. The van der Waals surface area contributed by atoms with Crippen molar-refractivity contribution in [3.05, 3.63) is 0 Å². The largest absolute Gasteiger partial charge is 0.463 e. The molecule has 1 saturated carbocycles. The monoisotopic (exact) mass is 308 g/mol. The maximum atomic E-state index is 11.5. The van der Waals surface area contributed by atoms with Gasteiger partial charge in [0, 0.05) is 6.42 Å². The number of carbonyl (C=O) groups excluding carboxylic acids is 1. The van der Waals surface area contributed by atoms with Crippen molar-refractivity contribution in [1.29, 1.82) is 0 Å². The molecule has 0 bridgehead atoms. The summed E-state index contributed by atoms with van der Waals surface area (Å²) in [6.45, 7) is 10.7. The van der Waals surface area contributed by atoms with Crippen molar-refractivity contribution in [3.8, 4) is 12.0 Å². The van der Waals surface area contributed by atoms with Crippen LogP contribution < -0.4 is 0 Å². The van der Waals surface area contributed by atoms with E-state index in [0.717, 1.165) is 12.8 Å². The third kappa shape index (κ3) is 6.73. The molecule has 0 aromatic carbocycles. The highest BCUT2D eigenvalue weighted by Crippen LogP contribution is 2.35. The van der Waals surface area contributed by atoms with E-state index in [4.69, 9.17) is 9.47 Å². The molecule has 1 rings (SSSR count). The lowest BCUT2D eigenvalue weighted by molar-refractivity contribution is -0.148. The van der Waals surface area contributed by atoms with Gasteiger partial charge in [0.2, 0.25) is 0 Å². The zero-order valence-electron chi connectivity index (χ0n) is 14.9. The first-order valence-corrected chi connectivity index (χ1v) is 8.77. The number of esters is 1. The lowest BCUT2D eigenvalue weighted by atomic mass is 9.75. The summed E-state index contributed by atoms with van der Waals surface area (Å²) in [5.74, 6) is 4.73. The van der Waals surface area contributed by atoms with Crippen molar-refractivity contribution in [1.82, 2.24) is 0 Å². The SMILES string of the molecule is CCC(C)OC(=O)CCC#COC1CC(C)CCC1C(C)C. The Balaban J connectivity index is 2.34. The molecule has 22 heavy (non-hydrogen) atoms. The minimum Gasteiger partial charge on any atom is -0.463 e. The summed E-state index contributed by atoms with van der Waals surface area (Å²) in [7, 11) is 0. The Morgan fingerprint density at radius 3 is 2.64 bits per heavy atom. The second-order valence-corrected chi connectivity index (χ2v) is 6.97. The molecule has 4 atom stereocenters. The molecule has 0 spiro atoms. The van der Waals surface area contributed by atoms with Crippen molar-refractivity contribution in [2.24, 2.45) is 17.8 Å². The van der Waals surface area contributed by atoms with E-state index in [2.05, 4.69) is 32.8 Å². The average molecular weight is 308 g/mol. The van der Waals surface area contributed by atoms with Gasteiger partial charge in [0.1, 0.15) is 12.2 Å². The van der Waals surface area contributed by atoms with Crippen molar-refractivity contribution in [2.75, 3.05) is 0 Å². The first kappa shape index (κ1) is 18.9. The van der Waals surface area contributed by atoms with Crippen LogP contribution in [-0.2, 0) is 14.3 Å². The number of ether oxygens (including phenoxy) is 2. The van der Waals surface area contributed by atoms with Gasteiger partial charge in [-0.15, -0.1) is 0 Å². The van der Waals surface area contributed by atoms with Gasteiger partial charge in [0.05, 0.1) is 12.5 Å². The van der Waals surface area contributed by atoms with Gasteiger partial charge in [0.25, 0.3) is 0 Å². The molecule has 1 fully saturated rings. The van der Waals surface area contributed by atoms with E-state index >= 15 is 0 Å². The quantitative estimate of drug-likeness (QED) is 0.533. The van der Waals surface area contributed by atoms with Crippen LogP contribution in [0, 0.1) is 29.8 Å². The summed E-state index contributed by atoms with van der Waals surface area (Å²) in [6.07, 6.45) is 8.36. The molecule has 4 unspecified atom stereocenters. The summed E-state index contributed by atoms with van der Waals surface area (Å²) in [5, 5.41) is 0. The Hall–Kier alpha value is -1.17. The van der Waals surface area contributed by atoms with Crippen LogP contribution in [0.5, 0.6) is 0 Å². The summed E-state index contributed by atoms with van der Waals surface area (Å²) in [5.41, 5.74) is 0. The van der Waals surface area contributed by atoms with Gasteiger partial charge in [-0.1, -0.05) is 40.0 Å². The fourth-order valence-corrected chi connectivity index (χ4v) is 2.95. The van der Waals surface area contributed by atoms with Gasteiger partial charge < -0.3 is 9.47 Å².